The van der Waals surface area contributed by atoms with Gasteiger partial charge in [-0.3, -0.25) is 0 Å². The van der Waals surface area contributed by atoms with Crippen molar-refractivity contribution >= 4 is 27.5 Å². The summed E-state index contributed by atoms with van der Waals surface area (Å²) in [5.41, 5.74) is 2.65. The van der Waals surface area contributed by atoms with E-state index in [1.54, 1.807) is 7.11 Å². The Morgan fingerprint density at radius 1 is 1.19 bits per heavy atom. The quantitative estimate of drug-likeness (QED) is 0.627. The molecule has 0 saturated carbocycles. The molecule has 0 radical (unpaired) electrons. The summed E-state index contributed by atoms with van der Waals surface area (Å²) in [6.07, 6.45) is 0. The van der Waals surface area contributed by atoms with Gasteiger partial charge >= 0.3 is 0 Å². The van der Waals surface area contributed by atoms with Crippen LogP contribution in [-0.4, -0.2) is 7.11 Å². The van der Waals surface area contributed by atoms with Crippen molar-refractivity contribution in [3.8, 4) is 5.75 Å². The molecule has 0 spiro atoms. The van der Waals surface area contributed by atoms with Crippen molar-refractivity contribution in [2.45, 2.75) is 19.2 Å². The van der Waals surface area contributed by atoms with E-state index < -0.39 is 17.0 Å². The molecule has 0 fully saturated rings. The Morgan fingerprint density at radius 3 is 2.43 bits per heavy atom. The van der Waals surface area contributed by atoms with Gasteiger partial charge in [-0.05, 0) is 37.1 Å². The van der Waals surface area contributed by atoms with Gasteiger partial charge in [0.2, 0.25) is 0 Å². The molecule has 2 aromatic rings. The Morgan fingerprint density at radius 2 is 1.86 bits per heavy atom. The minimum Gasteiger partial charge on any atom is -0.496 e. The molecule has 1 nitrogen and oxygen atoms in total. The van der Waals surface area contributed by atoms with Crippen molar-refractivity contribution in [3.05, 3.63) is 62.6 Å². The normalized spacial score (nSPS) is 12.3. The van der Waals surface area contributed by atoms with Crippen molar-refractivity contribution < 1.29 is 13.5 Å². The van der Waals surface area contributed by atoms with Gasteiger partial charge in [0.15, 0.2) is 0 Å². The molecule has 0 aliphatic carbocycles. The standard InChI is InChI=1S/C16H14BrClF2O/c1-8-6-12(17)9(2)14(16(8)21-3)15(18)11-5-4-10(19)7-13(11)20/h4-7,15H,1-3H3. The van der Waals surface area contributed by atoms with Gasteiger partial charge in [-0.1, -0.05) is 22.0 Å². The fourth-order valence-electron chi connectivity index (χ4n) is 2.31. The molecule has 0 amide bonds. The zero-order valence-corrected chi connectivity index (χ0v) is 14.1. The van der Waals surface area contributed by atoms with Crippen LogP contribution in [0, 0.1) is 25.5 Å². The first-order valence-corrected chi connectivity index (χ1v) is 7.52. The fraction of sp³-hybridized carbons (Fsp3) is 0.250. The predicted octanol–water partition coefficient (Wildman–Crippen LogP) is 5.68. The molecule has 1 atom stereocenters. The average molecular weight is 376 g/mol. The van der Waals surface area contributed by atoms with Crippen LogP contribution in [0.1, 0.15) is 27.6 Å². The Hall–Kier alpha value is -1.13. The lowest BCUT2D eigenvalue weighted by molar-refractivity contribution is 0.406. The second kappa shape index (κ2) is 6.32. The molecule has 0 aliphatic heterocycles. The first kappa shape index (κ1) is 16.2. The van der Waals surface area contributed by atoms with Gasteiger partial charge in [-0.25, -0.2) is 8.78 Å². The van der Waals surface area contributed by atoms with Gasteiger partial charge in [0.05, 0.1) is 12.5 Å². The Kier molecular flexibility index (Phi) is 4.89. The SMILES string of the molecule is COc1c(C)cc(Br)c(C)c1C(Cl)c1ccc(F)cc1F. The number of alkyl halides is 1. The van der Waals surface area contributed by atoms with E-state index in [9.17, 15) is 8.78 Å². The first-order valence-electron chi connectivity index (χ1n) is 6.29. The molecule has 1 unspecified atom stereocenters. The molecule has 0 bridgehead atoms. The molecule has 21 heavy (non-hydrogen) atoms. The number of hydrogen-bond donors (Lipinski definition) is 0. The molecule has 5 heteroatoms. The third kappa shape index (κ3) is 3.06. The van der Waals surface area contributed by atoms with E-state index in [0.29, 0.717) is 11.3 Å². The van der Waals surface area contributed by atoms with Gasteiger partial charge in [-0.15, -0.1) is 11.6 Å². The lowest BCUT2D eigenvalue weighted by Crippen LogP contribution is -2.05. The summed E-state index contributed by atoms with van der Waals surface area (Å²) in [7, 11) is 1.55. The van der Waals surface area contributed by atoms with Crippen molar-refractivity contribution in [1.29, 1.82) is 0 Å². The third-order valence-electron chi connectivity index (χ3n) is 3.40. The smallest absolute Gasteiger partial charge is 0.131 e. The molecule has 0 heterocycles. The summed E-state index contributed by atoms with van der Waals surface area (Å²) < 4.78 is 33.3. The van der Waals surface area contributed by atoms with Crippen LogP contribution in [0.25, 0.3) is 0 Å². The van der Waals surface area contributed by atoms with Crippen LogP contribution in [0.15, 0.2) is 28.7 Å². The van der Waals surface area contributed by atoms with Crippen molar-refractivity contribution in [2.24, 2.45) is 0 Å². The number of methoxy groups -OCH3 is 1. The maximum absolute atomic E-state index is 14.0. The summed E-state index contributed by atoms with van der Waals surface area (Å²) in [5, 5.41) is -0.767. The molecule has 2 aromatic carbocycles. The predicted molar refractivity (Wildman–Crippen MR) is 84.2 cm³/mol. The number of ether oxygens (including phenoxy) is 1. The topological polar surface area (TPSA) is 9.23 Å². The second-order valence-electron chi connectivity index (χ2n) is 4.78. The van der Waals surface area contributed by atoms with Crippen LogP contribution >= 0.6 is 27.5 Å². The maximum atomic E-state index is 14.0. The van der Waals surface area contributed by atoms with Gasteiger partial charge in [0, 0.05) is 21.7 Å². The number of hydrogen-bond acceptors (Lipinski definition) is 1. The zero-order chi connectivity index (χ0) is 15.7. The molecule has 112 valence electrons. The van der Waals surface area contributed by atoms with Gasteiger partial charge in [0.25, 0.3) is 0 Å². The van der Waals surface area contributed by atoms with Crippen molar-refractivity contribution in [1.82, 2.24) is 0 Å². The highest BCUT2D eigenvalue weighted by atomic mass is 79.9. The number of benzene rings is 2. The van der Waals surface area contributed by atoms with Crippen LogP contribution in [0.3, 0.4) is 0 Å². The van der Waals surface area contributed by atoms with E-state index in [-0.39, 0.29) is 5.56 Å². The van der Waals surface area contributed by atoms with E-state index in [2.05, 4.69) is 15.9 Å². The highest BCUT2D eigenvalue weighted by molar-refractivity contribution is 9.10. The Balaban J connectivity index is 2.65. The summed E-state index contributed by atoms with van der Waals surface area (Å²) >= 11 is 9.92. The van der Waals surface area contributed by atoms with Gasteiger partial charge < -0.3 is 4.74 Å². The summed E-state index contributed by atoms with van der Waals surface area (Å²) in [5.74, 6) is -0.692. The van der Waals surface area contributed by atoms with Gasteiger partial charge in [-0.2, -0.15) is 0 Å². The molecule has 0 saturated heterocycles. The molecule has 0 N–H and O–H groups in total. The Labute approximate surface area is 136 Å². The third-order valence-corrected chi connectivity index (χ3v) is 4.68. The van der Waals surface area contributed by atoms with E-state index in [1.807, 2.05) is 19.9 Å². The monoisotopic (exact) mass is 374 g/mol. The highest BCUT2D eigenvalue weighted by Gasteiger charge is 2.24. The summed E-state index contributed by atoms with van der Waals surface area (Å²) in [6.45, 7) is 3.76. The highest BCUT2D eigenvalue weighted by Crippen LogP contribution is 2.42. The second-order valence-corrected chi connectivity index (χ2v) is 6.07. The van der Waals surface area contributed by atoms with E-state index >= 15 is 0 Å². The fourth-order valence-corrected chi connectivity index (χ4v) is 3.31. The summed E-state index contributed by atoms with van der Waals surface area (Å²) in [4.78, 5) is 0. The number of halogens is 4. The van der Waals surface area contributed by atoms with Gasteiger partial charge in [0.1, 0.15) is 17.4 Å². The van der Waals surface area contributed by atoms with Crippen molar-refractivity contribution in [2.75, 3.05) is 7.11 Å². The number of aryl methyl sites for hydroxylation is 1. The zero-order valence-electron chi connectivity index (χ0n) is 11.8. The van der Waals surface area contributed by atoms with Crippen LogP contribution in [0.5, 0.6) is 5.75 Å². The van der Waals surface area contributed by atoms with E-state index in [1.165, 1.54) is 12.1 Å². The Bertz CT molecular complexity index is 688. The van der Waals surface area contributed by atoms with Crippen LogP contribution in [0.4, 0.5) is 8.78 Å². The molecule has 0 aliphatic rings. The summed E-state index contributed by atoms with van der Waals surface area (Å²) in [6, 6.07) is 5.30. The molecule has 2 rings (SSSR count). The first-order chi connectivity index (χ1) is 9.86. The molecule has 0 aromatic heterocycles. The average Bonchev–Trinajstić information content (AvgIpc) is 2.41. The largest absolute Gasteiger partial charge is 0.496 e. The lowest BCUT2D eigenvalue weighted by atomic mass is 9.96. The van der Waals surface area contributed by atoms with Crippen molar-refractivity contribution in [3.63, 3.8) is 0 Å². The van der Waals surface area contributed by atoms with Crippen LogP contribution in [-0.2, 0) is 0 Å². The minimum absolute atomic E-state index is 0.219. The molecular formula is C16H14BrClF2O. The maximum Gasteiger partial charge on any atom is 0.131 e. The minimum atomic E-state index is -0.767. The van der Waals surface area contributed by atoms with E-state index in [0.717, 1.165) is 21.7 Å². The lowest BCUT2D eigenvalue weighted by Gasteiger charge is -2.20. The van der Waals surface area contributed by atoms with Crippen LogP contribution in [0.2, 0.25) is 0 Å². The van der Waals surface area contributed by atoms with E-state index in [4.69, 9.17) is 16.3 Å². The van der Waals surface area contributed by atoms with Crippen LogP contribution < -0.4 is 4.74 Å². The molecular weight excluding hydrogens is 362 g/mol. The number of rotatable bonds is 3.